The smallest absolute Gasteiger partial charge is 0.250 e. The molecule has 5 nitrogen and oxygen atoms in total. The maximum Gasteiger partial charge on any atom is 0.250 e. The fourth-order valence-electron chi connectivity index (χ4n) is 4.84. The van der Waals surface area contributed by atoms with Gasteiger partial charge in [-0.05, 0) is 36.5 Å². The molecule has 2 atom stereocenters. The van der Waals surface area contributed by atoms with Gasteiger partial charge in [0.1, 0.15) is 0 Å². The Bertz CT molecular complexity index is 1060. The average Bonchev–Trinajstić information content (AvgIpc) is 3.10. The molecule has 2 aromatic heterocycles. The molecule has 3 aromatic rings. The summed E-state index contributed by atoms with van der Waals surface area (Å²) in [6, 6.07) is 13.7. The van der Waals surface area contributed by atoms with Crippen LogP contribution < -0.4 is 5.56 Å². The Kier molecular flexibility index (Phi) is 3.88. The molecule has 2 aliphatic heterocycles. The van der Waals surface area contributed by atoms with Crippen LogP contribution in [0.15, 0.2) is 53.5 Å². The first-order valence-corrected chi connectivity index (χ1v) is 9.71. The number of aryl methyl sites for hydroxylation is 1. The van der Waals surface area contributed by atoms with Crippen LogP contribution in [-0.4, -0.2) is 33.4 Å². The number of nitrogens with one attached hydrogen (secondary N) is 1. The number of hydrogen-bond acceptors (Lipinski definition) is 2. The molecule has 4 heterocycles. The summed E-state index contributed by atoms with van der Waals surface area (Å²) in [5.41, 5.74) is 3.50. The number of aromatic nitrogens is 2. The SMILES string of the molecule is O=C(CCc1c[nH]c2ccccc12)N1C[C@H]2C[C@@H](C1)c1cccc(=O)n1C2. The lowest BCUT2D eigenvalue weighted by Gasteiger charge is -2.42. The van der Waals surface area contributed by atoms with Gasteiger partial charge in [-0.2, -0.15) is 0 Å². The van der Waals surface area contributed by atoms with E-state index in [-0.39, 0.29) is 17.4 Å². The molecule has 1 fully saturated rings. The van der Waals surface area contributed by atoms with E-state index in [1.165, 1.54) is 10.9 Å². The van der Waals surface area contributed by atoms with Crippen LogP contribution in [0.1, 0.15) is 30.0 Å². The second-order valence-electron chi connectivity index (χ2n) is 7.86. The van der Waals surface area contributed by atoms with Crippen LogP contribution in [0.2, 0.25) is 0 Å². The van der Waals surface area contributed by atoms with Crippen molar-refractivity contribution in [3.8, 4) is 0 Å². The van der Waals surface area contributed by atoms with Crippen LogP contribution in [0.4, 0.5) is 0 Å². The Morgan fingerprint density at radius 1 is 1.07 bits per heavy atom. The largest absolute Gasteiger partial charge is 0.361 e. The number of likely N-dealkylation sites (tertiary alicyclic amines) is 1. The number of rotatable bonds is 3. The summed E-state index contributed by atoms with van der Waals surface area (Å²) in [6.07, 6.45) is 4.38. The van der Waals surface area contributed by atoms with Crippen molar-refractivity contribution in [2.24, 2.45) is 5.92 Å². The third kappa shape index (κ3) is 2.87. The lowest BCUT2D eigenvalue weighted by molar-refractivity contribution is -0.133. The maximum absolute atomic E-state index is 12.9. The fraction of sp³-hybridized carbons (Fsp3) is 0.364. The van der Waals surface area contributed by atoms with Crippen LogP contribution in [0.3, 0.4) is 0 Å². The average molecular weight is 361 g/mol. The normalized spacial score (nSPS) is 21.3. The molecule has 2 aliphatic rings. The van der Waals surface area contributed by atoms with Crippen molar-refractivity contribution in [2.45, 2.75) is 31.7 Å². The first-order chi connectivity index (χ1) is 13.2. The summed E-state index contributed by atoms with van der Waals surface area (Å²) >= 11 is 0. The van der Waals surface area contributed by atoms with Gasteiger partial charge in [-0.1, -0.05) is 24.3 Å². The Balaban J connectivity index is 1.30. The number of pyridine rings is 1. The molecule has 5 rings (SSSR count). The third-order valence-electron chi connectivity index (χ3n) is 6.12. The number of aromatic amines is 1. The van der Waals surface area contributed by atoms with Gasteiger partial charge < -0.3 is 14.5 Å². The molecular weight excluding hydrogens is 338 g/mol. The Hall–Kier alpha value is -2.82. The van der Waals surface area contributed by atoms with Crippen molar-refractivity contribution in [1.82, 2.24) is 14.5 Å². The van der Waals surface area contributed by atoms with E-state index >= 15 is 0 Å². The number of amides is 1. The summed E-state index contributed by atoms with van der Waals surface area (Å²) in [4.78, 5) is 30.3. The quantitative estimate of drug-likeness (QED) is 0.780. The molecule has 5 heteroatoms. The summed E-state index contributed by atoms with van der Waals surface area (Å²) in [6.45, 7) is 2.23. The van der Waals surface area contributed by atoms with E-state index in [1.807, 2.05) is 39.9 Å². The lowest BCUT2D eigenvalue weighted by Crippen LogP contribution is -2.49. The highest BCUT2D eigenvalue weighted by Gasteiger charge is 2.35. The number of nitrogens with zero attached hydrogens (tertiary/aromatic N) is 2. The van der Waals surface area contributed by atoms with Crippen molar-refractivity contribution in [3.63, 3.8) is 0 Å². The van der Waals surface area contributed by atoms with Crippen LogP contribution in [0, 0.1) is 5.92 Å². The Labute approximate surface area is 157 Å². The van der Waals surface area contributed by atoms with Crippen LogP contribution in [0.25, 0.3) is 10.9 Å². The van der Waals surface area contributed by atoms with Crippen LogP contribution in [0.5, 0.6) is 0 Å². The van der Waals surface area contributed by atoms with Gasteiger partial charge in [0, 0.05) is 60.8 Å². The predicted octanol–water partition coefficient (Wildman–Crippen LogP) is 2.91. The zero-order valence-corrected chi connectivity index (χ0v) is 15.2. The van der Waals surface area contributed by atoms with E-state index in [4.69, 9.17) is 0 Å². The molecule has 1 aromatic carbocycles. The third-order valence-corrected chi connectivity index (χ3v) is 6.12. The first-order valence-electron chi connectivity index (χ1n) is 9.71. The number of carbonyl (C=O) groups is 1. The fourth-order valence-corrected chi connectivity index (χ4v) is 4.84. The van der Waals surface area contributed by atoms with Crippen molar-refractivity contribution >= 4 is 16.8 Å². The maximum atomic E-state index is 12.9. The Morgan fingerprint density at radius 2 is 1.96 bits per heavy atom. The highest BCUT2D eigenvalue weighted by atomic mass is 16.2. The van der Waals surface area contributed by atoms with E-state index in [9.17, 15) is 9.59 Å². The molecule has 2 bridgehead atoms. The van der Waals surface area contributed by atoms with Gasteiger partial charge in [-0.3, -0.25) is 9.59 Å². The van der Waals surface area contributed by atoms with E-state index in [2.05, 4.69) is 17.1 Å². The summed E-state index contributed by atoms with van der Waals surface area (Å²) < 4.78 is 1.91. The lowest BCUT2D eigenvalue weighted by atomic mass is 9.83. The highest BCUT2D eigenvalue weighted by molar-refractivity contribution is 5.84. The number of fused-ring (bicyclic) bond motifs is 5. The Morgan fingerprint density at radius 3 is 2.89 bits per heavy atom. The molecule has 27 heavy (non-hydrogen) atoms. The minimum Gasteiger partial charge on any atom is -0.361 e. The van der Waals surface area contributed by atoms with Gasteiger partial charge in [0.05, 0.1) is 0 Å². The zero-order chi connectivity index (χ0) is 18.4. The number of piperidine rings is 1. The minimum atomic E-state index is 0.0845. The van der Waals surface area contributed by atoms with E-state index in [0.29, 0.717) is 12.3 Å². The number of benzene rings is 1. The topological polar surface area (TPSA) is 58.1 Å². The van der Waals surface area contributed by atoms with Gasteiger partial charge in [-0.15, -0.1) is 0 Å². The minimum absolute atomic E-state index is 0.0845. The number of carbonyl (C=O) groups excluding carboxylic acids is 1. The van der Waals surface area contributed by atoms with Crippen molar-refractivity contribution in [2.75, 3.05) is 13.1 Å². The zero-order valence-electron chi connectivity index (χ0n) is 15.2. The molecule has 0 radical (unpaired) electrons. The molecule has 0 spiro atoms. The molecule has 1 N–H and O–H groups in total. The summed E-state index contributed by atoms with van der Waals surface area (Å²) in [5, 5.41) is 1.20. The van der Waals surface area contributed by atoms with Gasteiger partial charge in [0.2, 0.25) is 5.91 Å². The van der Waals surface area contributed by atoms with Crippen molar-refractivity contribution < 1.29 is 4.79 Å². The second-order valence-corrected chi connectivity index (χ2v) is 7.86. The molecule has 0 saturated carbocycles. The molecule has 0 unspecified atom stereocenters. The number of hydrogen-bond donors (Lipinski definition) is 1. The molecular formula is C22H23N3O2. The first kappa shape index (κ1) is 16.4. The molecule has 1 amide bonds. The van der Waals surface area contributed by atoms with E-state index in [1.54, 1.807) is 6.07 Å². The molecule has 0 aliphatic carbocycles. The number of para-hydroxylation sites is 1. The highest BCUT2D eigenvalue weighted by Crippen LogP contribution is 2.35. The molecule has 1 saturated heterocycles. The van der Waals surface area contributed by atoms with E-state index < -0.39 is 0 Å². The van der Waals surface area contributed by atoms with Gasteiger partial charge >= 0.3 is 0 Å². The van der Waals surface area contributed by atoms with Crippen molar-refractivity contribution in [3.05, 3.63) is 70.3 Å². The van der Waals surface area contributed by atoms with Gasteiger partial charge in [0.15, 0.2) is 0 Å². The number of H-pyrrole nitrogens is 1. The van der Waals surface area contributed by atoms with Crippen LogP contribution >= 0.6 is 0 Å². The predicted molar refractivity (Wildman–Crippen MR) is 105 cm³/mol. The van der Waals surface area contributed by atoms with E-state index in [0.717, 1.165) is 43.7 Å². The van der Waals surface area contributed by atoms with Crippen molar-refractivity contribution in [1.29, 1.82) is 0 Å². The molecule has 138 valence electrons. The second kappa shape index (κ2) is 6.41. The summed E-state index contributed by atoms with van der Waals surface area (Å²) in [5.74, 6) is 0.888. The van der Waals surface area contributed by atoms with Crippen LogP contribution in [-0.2, 0) is 17.8 Å². The standard InChI is InChI=1S/C22H23N3O2/c26-21(9-8-16-11-23-19-5-2-1-4-18(16)19)24-12-15-10-17(14-24)20-6-3-7-22(27)25(20)13-15/h1-7,11,15,17,23H,8-10,12-14H2/t15-,17+/m1/s1. The monoisotopic (exact) mass is 361 g/mol. The van der Waals surface area contributed by atoms with Gasteiger partial charge in [0.25, 0.3) is 5.56 Å². The van der Waals surface area contributed by atoms with Gasteiger partial charge in [-0.25, -0.2) is 0 Å². The summed E-state index contributed by atoms with van der Waals surface area (Å²) in [7, 11) is 0.